The lowest BCUT2D eigenvalue weighted by Gasteiger charge is -2.53. The summed E-state index contributed by atoms with van der Waals surface area (Å²) in [6, 6.07) is 0. The van der Waals surface area contributed by atoms with Gasteiger partial charge in [-0.05, 0) is 42.8 Å². The van der Waals surface area contributed by atoms with E-state index in [2.05, 4.69) is 19.2 Å². The molecule has 2 fully saturated rings. The molecule has 2 aliphatic carbocycles. The van der Waals surface area contributed by atoms with Crippen molar-refractivity contribution in [2.24, 2.45) is 23.2 Å². The first-order valence-electron chi connectivity index (χ1n) is 11.6. The highest BCUT2D eigenvalue weighted by Gasteiger charge is 2.54. The van der Waals surface area contributed by atoms with Gasteiger partial charge < -0.3 is 15.3 Å². The molecule has 3 aliphatic rings. The Bertz CT molecular complexity index is 857. The summed E-state index contributed by atoms with van der Waals surface area (Å²) in [4.78, 5) is 33.2. The van der Waals surface area contributed by atoms with Gasteiger partial charge in [-0.3, -0.25) is 9.59 Å². The Balaban J connectivity index is 1.52. The van der Waals surface area contributed by atoms with E-state index in [9.17, 15) is 14.7 Å². The predicted molar refractivity (Wildman–Crippen MR) is 135 cm³/mol. The number of aliphatic hydroxyl groups excluding tert-OH is 1. The smallest absolute Gasteiger partial charge is 0.236 e. The Kier molecular flexibility index (Phi) is 7.49. The van der Waals surface area contributed by atoms with Crippen molar-refractivity contribution in [3.05, 3.63) is 10.6 Å². The van der Waals surface area contributed by atoms with Gasteiger partial charge in [0, 0.05) is 41.3 Å². The van der Waals surface area contributed by atoms with Crippen LogP contribution in [0.4, 0.5) is 5.13 Å². The van der Waals surface area contributed by atoms with Crippen LogP contribution in [0.2, 0.25) is 0 Å². The summed E-state index contributed by atoms with van der Waals surface area (Å²) in [6.07, 6.45) is 4.15. The van der Waals surface area contributed by atoms with Crippen LogP contribution in [0.3, 0.4) is 0 Å². The molecule has 0 spiro atoms. The minimum atomic E-state index is -0.522. The predicted octanol–water partition coefficient (Wildman–Crippen LogP) is 3.71. The topological polar surface area (TPSA) is 82.5 Å². The molecule has 1 aliphatic heterocycles. The second kappa shape index (κ2) is 9.84. The van der Waals surface area contributed by atoms with Gasteiger partial charge in [0.1, 0.15) is 0 Å². The maximum Gasteiger partial charge on any atom is 0.236 e. The molecule has 178 valence electrons. The molecule has 9 heteroatoms. The summed E-state index contributed by atoms with van der Waals surface area (Å²) in [5.41, 5.74) is 1.00. The SMILES string of the molecule is CSCC(=O)Nc1nc2c(s1)C[C@@]1(C)CC[C@@H]([C@H](C)C(=O)N3CCSCC3)[C@H](O)[C@H]1[C@H]2C. The minimum Gasteiger partial charge on any atom is -0.392 e. The summed E-state index contributed by atoms with van der Waals surface area (Å²) in [5, 5.41) is 15.2. The van der Waals surface area contributed by atoms with Crippen LogP contribution in [0.25, 0.3) is 0 Å². The Morgan fingerprint density at radius 2 is 2.09 bits per heavy atom. The summed E-state index contributed by atoms with van der Waals surface area (Å²) in [5.74, 6) is 2.59. The first kappa shape index (κ1) is 24.4. The van der Waals surface area contributed by atoms with Crippen LogP contribution in [0.1, 0.15) is 50.1 Å². The van der Waals surface area contributed by atoms with Gasteiger partial charge in [0.15, 0.2) is 5.13 Å². The van der Waals surface area contributed by atoms with Crippen LogP contribution in [0.15, 0.2) is 0 Å². The lowest BCUT2D eigenvalue weighted by atomic mass is 9.53. The lowest BCUT2D eigenvalue weighted by molar-refractivity contribution is -0.144. The van der Waals surface area contributed by atoms with Gasteiger partial charge in [0.05, 0.1) is 17.6 Å². The molecule has 1 saturated heterocycles. The molecule has 6 nitrogen and oxygen atoms in total. The normalized spacial score (nSPS) is 33.2. The number of aliphatic hydroxyl groups is 1. The van der Waals surface area contributed by atoms with Crippen LogP contribution in [0, 0.1) is 23.2 Å². The number of rotatable bonds is 5. The molecule has 32 heavy (non-hydrogen) atoms. The number of hydrogen-bond donors (Lipinski definition) is 2. The van der Waals surface area contributed by atoms with Crippen LogP contribution in [-0.4, -0.2) is 69.5 Å². The lowest BCUT2D eigenvalue weighted by Crippen LogP contribution is -2.54. The number of nitrogens with one attached hydrogen (secondary N) is 1. The highest BCUT2D eigenvalue weighted by molar-refractivity contribution is 7.99. The van der Waals surface area contributed by atoms with Crippen LogP contribution >= 0.6 is 34.9 Å². The van der Waals surface area contributed by atoms with Crippen molar-refractivity contribution in [2.45, 2.75) is 52.1 Å². The zero-order valence-electron chi connectivity index (χ0n) is 19.4. The monoisotopic (exact) mass is 497 g/mol. The second-order valence-corrected chi connectivity index (χ2v) is 13.0. The van der Waals surface area contributed by atoms with Gasteiger partial charge in [0.2, 0.25) is 11.8 Å². The largest absolute Gasteiger partial charge is 0.392 e. The third kappa shape index (κ3) is 4.59. The average Bonchev–Trinajstić information content (AvgIpc) is 3.15. The minimum absolute atomic E-state index is 0.0139. The molecule has 0 aromatic carbocycles. The van der Waals surface area contributed by atoms with E-state index in [1.54, 1.807) is 11.3 Å². The van der Waals surface area contributed by atoms with Crippen molar-refractivity contribution in [2.75, 3.05) is 41.9 Å². The number of carbonyl (C=O) groups is 2. The summed E-state index contributed by atoms with van der Waals surface area (Å²) >= 11 is 4.98. The molecular formula is C23H35N3O3S3. The fourth-order valence-corrected chi connectivity index (χ4v) is 8.66. The van der Waals surface area contributed by atoms with Gasteiger partial charge in [-0.2, -0.15) is 23.5 Å². The van der Waals surface area contributed by atoms with Crippen molar-refractivity contribution in [1.82, 2.24) is 9.88 Å². The summed E-state index contributed by atoms with van der Waals surface area (Å²) < 4.78 is 0. The Morgan fingerprint density at radius 3 is 2.78 bits per heavy atom. The summed E-state index contributed by atoms with van der Waals surface area (Å²) in [7, 11) is 0. The zero-order valence-corrected chi connectivity index (χ0v) is 21.9. The maximum absolute atomic E-state index is 13.2. The van der Waals surface area contributed by atoms with Gasteiger partial charge >= 0.3 is 0 Å². The fourth-order valence-electron chi connectivity index (χ4n) is 6.14. The molecule has 1 aromatic heterocycles. The van der Waals surface area contributed by atoms with Crippen molar-refractivity contribution in [3.63, 3.8) is 0 Å². The molecule has 0 bridgehead atoms. The van der Waals surface area contributed by atoms with Gasteiger partial charge in [-0.15, -0.1) is 11.3 Å². The third-order valence-electron chi connectivity index (χ3n) is 7.80. The Morgan fingerprint density at radius 1 is 1.38 bits per heavy atom. The number of carbonyl (C=O) groups excluding carboxylic acids is 2. The number of anilines is 1. The van der Waals surface area contributed by atoms with Crippen molar-refractivity contribution in [3.8, 4) is 0 Å². The molecule has 1 aromatic rings. The summed E-state index contributed by atoms with van der Waals surface area (Å²) in [6.45, 7) is 8.11. The van der Waals surface area contributed by atoms with E-state index in [0.717, 1.165) is 49.6 Å². The third-order valence-corrected chi connectivity index (χ3v) is 10.3. The maximum atomic E-state index is 13.2. The van der Waals surface area contributed by atoms with E-state index in [1.807, 2.05) is 29.8 Å². The van der Waals surface area contributed by atoms with Crippen LogP contribution in [-0.2, 0) is 16.0 Å². The number of amides is 2. The zero-order chi connectivity index (χ0) is 23.0. The fraction of sp³-hybridized carbons (Fsp3) is 0.783. The van der Waals surface area contributed by atoms with E-state index in [0.29, 0.717) is 10.9 Å². The molecule has 0 radical (unpaired) electrons. The van der Waals surface area contributed by atoms with E-state index in [-0.39, 0.29) is 40.9 Å². The van der Waals surface area contributed by atoms with Crippen LogP contribution in [0.5, 0.6) is 0 Å². The molecule has 2 amide bonds. The van der Waals surface area contributed by atoms with Gasteiger partial charge in [-0.1, -0.05) is 20.8 Å². The molecule has 2 heterocycles. The van der Waals surface area contributed by atoms with Gasteiger partial charge in [-0.25, -0.2) is 4.98 Å². The van der Waals surface area contributed by atoms with E-state index >= 15 is 0 Å². The van der Waals surface area contributed by atoms with Crippen molar-refractivity contribution >= 4 is 51.8 Å². The van der Waals surface area contributed by atoms with E-state index < -0.39 is 6.10 Å². The Hall–Kier alpha value is -0.770. The Labute approximate surface area is 203 Å². The van der Waals surface area contributed by atoms with Crippen molar-refractivity contribution < 1.29 is 14.7 Å². The first-order valence-corrected chi connectivity index (χ1v) is 14.9. The van der Waals surface area contributed by atoms with E-state index in [1.165, 1.54) is 16.6 Å². The first-order chi connectivity index (χ1) is 15.2. The molecule has 6 atom stereocenters. The van der Waals surface area contributed by atoms with Gasteiger partial charge in [0.25, 0.3) is 0 Å². The molecule has 4 rings (SSSR count). The standard InChI is InChI=1S/C23H35N3O3S3/c1-13(21(29)26-7-9-31-10-8-26)15-5-6-23(3)11-16-19(14(2)18(23)20(15)28)25-22(32-16)24-17(27)12-30-4/h13-15,18,20,28H,5-12H2,1-4H3,(H,24,25,27)/t13-,14+,15-,18+,20-,23+/m0/s1. The second-order valence-electron chi connectivity index (χ2n) is 9.87. The number of nitrogens with zero attached hydrogens (tertiary/aromatic N) is 2. The number of thiazole rings is 1. The molecular weight excluding hydrogens is 462 g/mol. The highest BCUT2D eigenvalue weighted by Crippen LogP contribution is 2.57. The molecule has 2 N–H and O–H groups in total. The highest BCUT2D eigenvalue weighted by atomic mass is 32.2. The van der Waals surface area contributed by atoms with Crippen LogP contribution < -0.4 is 5.32 Å². The van der Waals surface area contributed by atoms with Crippen molar-refractivity contribution in [1.29, 1.82) is 0 Å². The quantitative estimate of drug-likeness (QED) is 0.645. The molecule has 1 saturated carbocycles. The number of aromatic nitrogens is 1. The number of thioether (sulfide) groups is 2. The number of fused-ring (bicyclic) bond motifs is 2. The molecule has 0 unspecified atom stereocenters. The number of hydrogen-bond acceptors (Lipinski definition) is 7. The average molecular weight is 498 g/mol. The van der Waals surface area contributed by atoms with E-state index in [4.69, 9.17) is 4.98 Å².